The molecule has 1 rings (SSSR count). The van der Waals surface area contributed by atoms with Gasteiger partial charge < -0.3 is 9.47 Å². The van der Waals surface area contributed by atoms with Gasteiger partial charge in [0.25, 0.3) is 0 Å². The molecule has 0 unspecified atom stereocenters. The fourth-order valence-corrected chi connectivity index (χ4v) is 1.69. The van der Waals surface area contributed by atoms with Gasteiger partial charge in [0.1, 0.15) is 0 Å². The molecular formula is C12H14O5. The summed E-state index contributed by atoms with van der Waals surface area (Å²) in [6, 6.07) is 0. The molecule has 0 aromatic heterocycles. The van der Waals surface area contributed by atoms with E-state index >= 15 is 0 Å². The molecule has 0 amide bonds. The number of methoxy groups -OCH3 is 2. The van der Waals surface area contributed by atoms with Crippen LogP contribution in [0, 0.1) is 0 Å². The molecule has 0 saturated carbocycles. The Morgan fingerprint density at radius 3 is 2.24 bits per heavy atom. The van der Waals surface area contributed by atoms with Crippen molar-refractivity contribution >= 4 is 17.7 Å². The summed E-state index contributed by atoms with van der Waals surface area (Å²) in [6.45, 7) is 1.76. The first-order valence-electron chi connectivity index (χ1n) is 5.12. The molecule has 0 heterocycles. The summed E-state index contributed by atoms with van der Waals surface area (Å²) in [4.78, 5) is 34.4. The van der Waals surface area contributed by atoms with E-state index in [4.69, 9.17) is 0 Å². The normalized spacial score (nSPS) is 16.2. The Labute approximate surface area is 99.1 Å². The van der Waals surface area contributed by atoms with Gasteiger partial charge >= 0.3 is 11.9 Å². The fraction of sp³-hybridized carbons (Fsp3) is 0.417. The van der Waals surface area contributed by atoms with E-state index < -0.39 is 11.9 Å². The summed E-state index contributed by atoms with van der Waals surface area (Å²) in [5, 5.41) is 0. The number of hydrogen-bond acceptors (Lipinski definition) is 5. The number of ether oxygens (including phenoxy) is 2. The SMILES string of the molecule is COC(=O)/C=C(/C(=O)OC)C1=C(C)CCC1=O. The smallest absolute Gasteiger partial charge is 0.338 e. The van der Waals surface area contributed by atoms with E-state index in [-0.39, 0.29) is 16.9 Å². The predicted molar refractivity (Wildman–Crippen MR) is 59.1 cm³/mol. The maximum absolute atomic E-state index is 11.7. The first-order valence-corrected chi connectivity index (χ1v) is 5.12. The minimum atomic E-state index is -0.708. The van der Waals surface area contributed by atoms with E-state index in [1.807, 2.05) is 0 Å². The first-order chi connectivity index (χ1) is 8.01. The summed E-state index contributed by atoms with van der Waals surface area (Å²) in [5.74, 6) is -1.55. The molecule has 5 nitrogen and oxygen atoms in total. The molecule has 1 aliphatic rings. The number of hydrogen-bond donors (Lipinski definition) is 0. The molecule has 92 valence electrons. The molecule has 0 bridgehead atoms. The fourth-order valence-electron chi connectivity index (χ4n) is 1.69. The van der Waals surface area contributed by atoms with Gasteiger partial charge in [-0.25, -0.2) is 9.59 Å². The number of rotatable bonds is 3. The van der Waals surface area contributed by atoms with Gasteiger partial charge in [-0.2, -0.15) is 0 Å². The van der Waals surface area contributed by atoms with E-state index in [0.29, 0.717) is 12.8 Å². The van der Waals surface area contributed by atoms with Gasteiger partial charge in [0.05, 0.1) is 19.8 Å². The average molecular weight is 238 g/mol. The first kappa shape index (κ1) is 13.2. The van der Waals surface area contributed by atoms with E-state index in [2.05, 4.69) is 9.47 Å². The van der Waals surface area contributed by atoms with Crippen molar-refractivity contribution in [2.45, 2.75) is 19.8 Å². The van der Waals surface area contributed by atoms with Crippen LogP contribution in [0.2, 0.25) is 0 Å². The minimum Gasteiger partial charge on any atom is -0.466 e. The third kappa shape index (κ3) is 2.81. The zero-order valence-electron chi connectivity index (χ0n) is 10.0. The van der Waals surface area contributed by atoms with Gasteiger partial charge in [0.2, 0.25) is 0 Å². The molecule has 0 saturated heterocycles. The number of ketones is 1. The summed E-state index contributed by atoms with van der Waals surface area (Å²) >= 11 is 0. The summed E-state index contributed by atoms with van der Waals surface area (Å²) in [7, 11) is 2.40. The minimum absolute atomic E-state index is 0.0284. The predicted octanol–water partition coefficient (Wildman–Crippen LogP) is 0.938. The monoisotopic (exact) mass is 238 g/mol. The van der Waals surface area contributed by atoms with Crippen LogP contribution < -0.4 is 0 Å². The van der Waals surface area contributed by atoms with E-state index in [9.17, 15) is 14.4 Å². The van der Waals surface area contributed by atoms with Crippen molar-refractivity contribution in [1.82, 2.24) is 0 Å². The second kappa shape index (κ2) is 5.43. The Hall–Kier alpha value is -1.91. The third-order valence-corrected chi connectivity index (χ3v) is 2.57. The molecule has 1 aliphatic carbocycles. The number of allylic oxidation sites excluding steroid dienone is 1. The molecule has 0 fully saturated rings. The van der Waals surface area contributed by atoms with E-state index in [0.717, 1.165) is 11.6 Å². The van der Waals surface area contributed by atoms with Gasteiger partial charge in [-0.3, -0.25) is 4.79 Å². The molecule has 17 heavy (non-hydrogen) atoms. The van der Waals surface area contributed by atoms with Gasteiger partial charge in [-0.1, -0.05) is 5.57 Å². The molecule has 0 atom stereocenters. The van der Waals surface area contributed by atoms with Gasteiger partial charge in [-0.05, 0) is 13.3 Å². The van der Waals surface area contributed by atoms with Crippen LogP contribution in [0.5, 0.6) is 0 Å². The summed E-state index contributed by atoms with van der Waals surface area (Å²) in [6.07, 6.45) is 1.95. The van der Waals surface area contributed by atoms with E-state index in [1.165, 1.54) is 14.2 Å². The maximum Gasteiger partial charge on any atom is 0.338 e. The van der Waals surface area contributed by atoms with Crippen molar-refractivity contribution in [2.24, 2.45) is 0 Å². The van der Waals surface area contributed by atoms with Crippen LogP contribution >= 0.6 is 0 Å². The third-order valence-electron chi connectivity index (χ3n) is 2.57. The lowest BCUT2D eigenvalue weighted by Crippen LogP contribution is -2.14. The van der Waals surface area contributed by atoms with Crippen LogP contribution in [-0.2, 0) is 23.9 Å². The largest absolute Gasteiger partial charge is 0.466 e. The highest BCUT2D eigenvalue weighted by molar-refractivity contribution is 6.14. The Morgan fingerprint density at radius 1 is 1.18 bits per heavy atom. The number of Topliss-reactive ketones (excluding diaryl/α,β-unsaturated/α-hetero) is 1. The van der Waals surface area contributed by atoms with E-state index in [1.54, 1.807) is 6.92 Å². The molecule has 0 N–H and O–H groups in total. The Bertz CT molecular complexity index is 428. The highest BCUT2D eigenvalue weighted by atomic mass is 16.5. The highest BCUT2D eigenvalue weighted by Gasteiger charge is 2.28. The lowest BCUT2D eigenvalue weighted by Gasteiger charge is -2.06. The van der Waals surface area contributed by atoms with Crippen LogP contribution in [0.3, 0.4) is 0 Å². The molecule has 0 spiro atoms. The summed E-state index contributed by atoms with van der Waals surface area (Å²) in [5.41, 5.74) is 1.04. The van der Waals surface area contributed by atoms with Crippen molar-refractivity contribution < 1.29 is 23.9 Å². The average Bonchev–Trinajstić information content (AvgIpc) is 2.65. The standard InChI is InChI=1S/C12H14O5/c1-7-4-5-9(13)11(7)8(12(15)17-3)6-10(14)16-2/h6H,4-5H2,1-3H3/b8-6+. The van der Waals surface area contributed by atoms with Crippen molar-refractivity contribution in [3.63, 3.8) is 0 Å². The van der Waals surface area contributed by atoms with Crippen LogP contribution in [0.4, 0.5) is 0 Å². The Morgan fingerprint density at radius 2 is 1.82 bits per heavy atom. The van der Waals surface area contributed by atoms with Gasteiger partial charge in [0, 0.05) is 18.1 Å². The number of carbonyl (C=O) groups excluding carboxylic acids is 3. The second-order valence-electron chi connectivity index (χ2n) is 3.65. The van der Waals surface area contributed by atoms with Gasteiger partial charge in [-0.15, -0.1) is 0 Å². The number of carbonyl (C=O) groups is 3. The maximum atomic E-state index is 11.7. The number of esters is 2. The lowest BCUT2D eigenvalue weighted by molar-refractivity contribution is -0.138. The van der Waals surface area contributed by atoms with Crippen LogP contribution in [-0.4, -0.2) is 31.9 Å². The van der Waals surface area contributed by atoms with Crippen LogP contribution in [0.1, 0.15) is 19.8 Å². The highest BCUT2D eigenvalue weighted by Crippen LogP contribution is 2.28. The second-order valence-corrected chi connectivity index (χ2v) is 3.65. The zero-order chi connectivity index (χ0) is 13.0. The van der Waals surface area contributed by atoms with Crippen molar-refractivity contribution in [1.29, 1.82) is 0 Å². The van der Waals surface area contributed by atoms with Crippen LogP contribution in [0.15, 0.2) is 22.8 Å². The van der Waals surface area contributed by atoms with Crippen LogP contribution in [0.25, 0.3) is 0 Å². The lowest BCUT2D eigenvalue weighted by atomic mass is 10.0. The quantitative estimate of drug-likeness (QED) is 0.540. The van der Waals surface area contributed by atoms with Crippen molar-refractivity contribution in [3.8, 4) is 0 Å². The Kier molecular flexibility index (Phi) is 4.20. The molecule has 5 heteroatoms. The summed E-state index contributed by atoms with van der Waals surface area (Å²) < 4.78 is 9.01. The zero-order valence-corrected chi connectivity index (χ0v) is 10.0. The molecule has 0 aliphatic heterocycles. The molecule has 0 radical (unpaired) electrons. The van der Waals surface area contributed by atoms with Crippen molar-refractivity contribution in [3.05, 3.63) is 22.8 Å². The van der Waals surface area contributed by atoms with Gasteiger partial charge in [0.15, 0.2) is 5.78 Å². The molecule has 0 aromatic carbocycles. The van der Waals surface area contributed by atoms with Crippen molar-refractivity contribution in [2.75, 3.05) is 14.2 Å². The molecule has 0 aromatic rings. The topological polar surface area (TPSA) is 69.7 Å². The molecular weight excluding hydrogens is 224 g/mol. The Balaban J connectivity index is 3.21.